The van der Waals surface area contributed by atoms with Gasteiger partial charge in [0.15, 0.2) is 5.52 Å². The number of hydrogen-bond donors (Lipinski definition) is 1. The van der Waals surface area contributed by atoms with Crippen LogP contribution in [-0.4, -0.2) is 11.5 Å². The van der Waals surface area contributed by atoms with Gasteiger partial charge in [0.25, 0.3) is 0 Å². The summed E-state index contributed by atoms with van der Waals surface area (Å²) in [5.41, 5.74) is 7.08. The number of rotatable bonds is 0. The minimum absolute atomic E-state index is 0.789. The Bertz CT molecular complexity index is 1580. The Morgan fingerprint density at radius 2 is 1.93 bits per heavy atom. The molecule has 0 saturated heterocycles. The molecule has 132 valence electrons. The average Bonchev–Trinajstić information content (AvgIpc) is 3.31. The molecule has 0 spiro atoms. The first kappa shape index (κ1) is 14.2. The number of fused-ring (bicyclic) bond motifs is 9. The van der Waals surface area contributed by atoms with Crippen molar-refractivity contribution in [3.63, 3.8) is 0 Å². The zero-order valence-electron chi connectivity index (χ0n) is 14.9. The maximum absolute atomic E-state index is 6.30. The molecular formula is C23H15N4O+. The van der Waals surface area contributed by atoms with Gasteiger partial charge in [0.05, 0.1) is 16.6 Å². The predicted octanol–water partition coefficient (Wildman–Crippen LogP) is 2.51. The monoisotopic (exact) mass is 363 g/mol. The molecule has 0 saturated carbocycles. The fourth-order valence-corrected chi connectivity index (χ4v) is 4.38. The van der Waals surface area contributed by atoms with E-state index in [9.17, 15) is 0 Å². The van der Waals surface area contributed by atoms with Crippen molar-refractivity contribution in [2.75, 3.05) is 16.8 Å². The molecule has 0 atom stereocenters. The summed E-state index contributed by atoms with van der Waals surface area (Å²) in [7, 11) is 0. The van der Waals surface area contributed by atoms with Gasteiger partial charge >= 0.3 is 5.65 Å². The van der Waals surface area contributed by atoms with Gasteiger partial charge in [-0.2, -0.15) is 4.40 Å². The zero-order valence-corrected chi connectivity index (χ0v) is 14.9. The van der Waals surface area contributed by atoms with E-state index < -0.39 is 0 Å². The Hall–Kier alpha value is -3.86. The third-order valence-corrected chi connectivity index (χ3v) is 5.68. The summed E-state index contributed by atoms with van der Waals surface area (Å²) >= 11 is 0. The Labute approximate surface area is 159 Å². The first-order chi connectivity index (χ1) is 13.9. The Balaban J connectivity index is 1.61. The summed E-state index contributed by atoms with van der Waals surface area (Å²) in [5.74, 6) is 1.07. The van der Waals surface area contributed by atoms with E-state index in [0.29, 0.717) is 0 Å². The molecule has 2 aliphatic heterocycles. The lowest BCUT2D eigenvalue weighted by atomic mass is 10.2. The highest BCUT2D eigenvalue weighted by molar-refractivity contribution is 5.96. The van der Waals surface area contributed by atoms with E-state index in [1.54, 1.807) is 0 Å². The van der Waals surface area contributed by atoms with Crippen LogP contribution in [0.1, 0.15) is 0 Å². The lowest BCUT2D eigenvalue weighted by Crippen LogP contribution is -2.40. The van der Waals surface area contributed by atoms with E-state index in [1.165, 1.54) is 5.69 Å². The number of pyridine rings is 1. The van der Waals surface area contributed by atoms with Crippen molar-refractivity contribution in [2.24, 2.45) is 0 Å². The fourth-order valence-electron chi connectivity index (χ4n) is 4.38. The van der Waals surface area contributed by atoms with Gasteiger partial charge in [-0.05, 0) is 41.4 Å². The van der Waals surface area contributed by atoms with E-state index >= 15 is 0 Å². The number of hydrogen-bond acceptors (Lipinski definition) is 4. The molecule has 28 heavy (non-hydrogen) atoms. The molecule has 0 amide bonds. The number of aromatic nitrogens is 2. The van der Waals surface area contributed by atoms with Gasteiger partial charge in [-0.25, -0.2) is 0 Å². The molecule has 5 aromatic rings. The van der Waals surface area contributed by atoms with Crippen LogP contribution < -0.4 is 25.3 Å². The SMILES string of the molecule is C1=c2oc3cc[n+]4c5ccccc5nc4c3cc2=C2Nc3ccccc3N2C1. The highest BCUT2D eigenvalue weighted by Gasteiger charge is 2.27. The second-order valence-corrected chi connectivity index (χ2v) is 7.22. The maximum Gasteiger partial charge on any atom is 0.340 e. The van der Waals surface area contributed by atoms with Crippen molar-refractivity contribution >= 4 is 50.9 Å². The van der Waals surface area contributed by atoms with Crippen LogP contribution in [0.4, 0.5) is 11.4 Å². The number of para-hydroxylation sites is 4. The van der Waals surface area contributed by atoms with Gasteiger partial charge in [-0.1, -0.05) is 24.3 Å². The van der Waals surface area contributed by atoms with E-state index in [2.05, 4.69) is 57.1 Å². The highest BCUT2D eigenvalue weighted by Crippen LogP contribution is 2.36. The van der Waals surface area contributed by atoms with Gasteiger partial charge in [0.1, 0.15) is 28.4 Å². The standard InChI is InChI=1S/C23H14N4O/c1-3-7-18-16(5-1)24-22-14-13-15-21(28-20(14)9-11-26(18)22)10-12-27-19-8-4-2-6-17(19)25-23(15)27/h1-11,13H,12H2/p+1. The number of anilines is 2. The van der Waals surface area contributed by atoms with Crippen LogP contribution in [0.5, 0.6) is 0 Å². The van der Waals surface area contributed by atoms with Crippen molar-refractivity contribution < 1.29 is 8.82 Å². The van der Waals surface area contributed by atoms with Gasteiger partial charge in [0.2, 0.25) is 5.52 Å². The van der Waals surface area contributed by atoms with E-state index in [4.69, 9.17) is 9.40 Å². The second-order valence-electron chi connectivity index (χ2n) is 7.22. The molecule has 0 fully saturated rings. The zero-order chi connectivity index (χ0) is 18.2. The van der Waals surface area contributed by atoms with Crippen LogP contribution in [0.15, 0.2) is 71.3 Å². The van der Waals surface area contributed by atoms with E-state index in [1.807, 2.05) is 30.5 Å². The van der Waals surface area contributed by atoms with Crippen LogP contribution >= 0.6 is 0 Å². The van der Waals surface area contributed by atoms with E-state index in [-0.39, 0.29) is 0 Å². The van der Waals surface area contributed by atoms with Crippen LogP contribution in [-0.2, 0) is 0 Å². The molecule has 3 aromatic heterocycles. The van der Waals surface area contributed by atoms with Crippen LogP contribution in [0, 0.1) is 0 Å². The minimum Gasteiger partial charge on any atom is -0.456 e. The van der Waals surface area contributed by atoms with Crippen molar-refractivity contribution in [1.29, 1.82) is 0 Å². The molecule has 1 N–H and O–H groups in total. The number of nitrogens with zero attached hydrogens (tertiary/aromatic N) is 3. The summed E-state index contributed by atoms with van der Waals surface area (Å²) < 4.78 is 8.43. The third-order valence-electron chi connectivity index (χ3n) is 5.68. The number of benzene rings is 2. The normalized spacial score (nSPS) is 14.7. The first-order valence-corrected chi connectivity index (χ1v) is 9.38. The van der Waals surface area contributed by atoms with Gasteiger partial charge in [-0.15, -0.1) is 0 Å². The third kappa shape index (κ3) is 1.71. The maximum atomic E-state index is 6.30. The summed E-state index contributed by atoms with van der Waals surface area (Å²) in [6.07, 6.45) is 4.18. The number of imidazole rings is 1. The fraction of sp³-hybridized carbons (Fsp3) is 0.0435. The quantitative estimate of drug-likeness (QED) is 0.430. The van der Waals surface area contributed by atoms with Crippen LogP contribution in [0.25, 0.3) is 39.5 Å². The molecule has 0 unspecified atom stereocenters. The van der Waals surface area contributed by atoms with Gasteiger partial charge in [0, 0.05) is 12.6 Å². The average molecular weight is 363 g/mol. The molecule has 5 heterocycles. The molecule has 0 aliphatic carbocycles. The molecule has 2 aliphatic rings. The molecule has 0 bridgehead atoms. The van der Waals surface area contributed by atoms with Crippen LogP contribution in [0.2, 0.25) is 0 Å². The predicted molar refractivity (Wildman–Crippen MR) is 109 cm³/mol. The van der Waals surface area contributed by atoms with Crippen molar-refractivity contribution in [2.45, 2.75) is 0 Å². The topological polar surface area (TPSA) is 45.4 Å². The van der Waals surface area contributed by atoms with E-state index in [0.717, 1.165) is 56.3 Å². The lowest BCUT2D eigenvalue weighted by Gasteiger charge is -2.21. The van der Waals surface area contributed by atoms with Gasteiger partial charge in [-0.3, -0.25) is 0 Å². The summed E-state index contributed by atoms with van der Waals surface area (Å²) in [6.45, 7) is 0.789. The Morgan fingerprint density at radius 1 is 1.04 bits per heavy atom. The molecule has 5 nitrogen and oxygen atoms in total. The Kier molecular flexibility index (Phi) is 2.49. The lowest BCUT2D eigenvalue weighted by molar-refractivity contribution is -0.479. The first-order valence-electron chi connectivity index (χ1n) is 9.38. The van der Waals surface area contributed by atoms with Crippen molar-refractivity contribution in [1.82, 2.24) is 4.98 Å². The molecule has 7 rings (SSSR count). The summed E-state index contributed by atoms with van der Waals surface area (Å²) in [6, 6.07) is 20.8. The summed E-state index contributed by atoms with van der Waals surface area (Å²) in [4.78, 5) is 7.16. The van der Waals surface area contributed by atoms with Gasteiger partial charge < -0.3 is 14.6 Å². The van der Waals surface area contributed by atoms with Crippen molar-refractivity contribution in [3.05, 3.63) is 77.5 Å². The number of nitrogens with one attached hydrogen (secondary N) is 1. The molecule has 5 heteroatoms. The second kappa shape index (κ2) is 4.89. The minimum atomic E-state index is 0.789. The smallest absolute Gasteiger partial charge is 0.340 e. The molecule has 0 radical (unpaired) electrons. The molecule has 2 aromatic carbocycles. The Morgan fingerprint density at radius 3 is 2.93 bits per heavy atom. The highest BCUT2D eigenvalue weighted by atomic mass is 16.3. The largest absolute Gasteiger partial charge is 0.456 e. The van der Waals surface area contributed by atoms with Crippen LogP contribution in [0.3, 0.4) is 0 Å². The van der Waals surface area contributed by atoms with Crippen molar-refractivity contribution in [3.8, 4) is 0 Å². The summed E-state index contributed by atoms with van der Waals surface area (Å²) in [5, 5.41) is 5.64. The molecular weight excluding hydrogens is 348 g/mol.